The first-order valence-corrected chi connectivity index (χ1v) is 9.08. The van der Waals surface area contributed by atoms with Gasteiger partial charge in [0.1, 0.15) is 0 Å². The van der Waals surface area contributed by atoms with E-state index in [0.29, 0.717) is 6.04 Å². The molecule has 1 atom stereocenters. The number of hydrogen-bond donors (Lipinski definition) is 1. The van der Waals surface area contributed by atoms with Crippen molar-refractivity contribution in [2.75, 3.05) is 37.7 Å². The molecular formula is C19H26N4O. The van der Waals surface area contributed by atoms with Crippen LogP contribution in [0, 0.1) is 12.8 Å². The number of aliphatic hydroxyl groups is 1. The Kier molecular flexibility index (Phi) is 4.37. The van der Waals surface area contributed by atoms with Gasteiger partial charge in [-0.25, -0.2) is 0 Å². The molecule has 0 spiro atoms. The maximum atomic E-state index is 9.48. The van der Waals surface area contributed by atoms with E-state index < -0.39 is 0 Å². The zero-order chi connectivity index (χ0) is 16.5. The highest BCUT2D eigenvalue weighted by Gasteiger charge is 2.32. The molecule has 1 aliphatic heterocycles. The molecule has 2 aliphatic rings. The highest BCUT2D eigenvalue weighted by atomic mass is 16.3. The Morgan fingerprint density at radius 2 is 1.92 bits per heavy atom. The molecule has 24 heavy (non-hydrogen) atoms. The second kappa shape index (κ2) is 6.65. The third-order valence-corrected chi connectivity index (χ3v) is 5.41. The van der Waals surface area contributed by atoms with Crippen LogP contribution in [0.1, 0.15) is 25.0 Å². The van der Waals surface area contributed by atoms with Crippen molar-refractivity contribution in [1.82, 2.24) is 15.1 Å². The summed E-state index contributed by atoms with van der Waals surface area (Å²) in [7, 11) is 0. The lowest BCUT2D eigenvalue weighted by Gasteiger charge is -2.42. The fourth-order valence-corrected chi connectivity index (χ4v) is 3.84. The van der Waals surface area contributed by atoms with Crippen molar-refractivity contribution in [2.24, 2.45) is 5.92 Å². The molecule has 1 aromatic heterocycles. The second-order valence-corrected chi connectivity index (χ2v) is 7.21. The van der Waals surface area contributed by atoms with Crippen LogP contribution in [0.5, 0.6) is 0 Å². The zero-order valence-electron chi connectivity index (χ0n) is 14.4. The Morgan fingerprint density at radius 1 is 1.12 bits per heavy atom. The number of hydrogen-bond acceptors (Lipinski definition) is 5. The third-order valence-electron chi connectivity index (χ3n) is 5.41. The summed E-state index contributed by atoms with van der Waals surface area (Å²) in [5, 5.41) is 20.7. The summed E-state index contributed by atoms with van der Waals surface area (Å²) < 4.78 is 0. The van der Waals surface area contributed by atoms with Crippen molar-refractivity contribution in [1.29, 1.82) is 0 Å². The number of nitrogens with zero attached hydrogens (tertiary/aromatic N) is 4. The summed E-state index contributed by atoms with van der Waals surface area (Å²) >= 11 is 0. The van der Waals surface area contributed by atoms with E-state index in [4.69, 9.17) is 0 Å². The summed E-state index contributed by atoms with van der Waals surface area (Å²) in [4.78, 5) is 4.94. The van der Waals surface area contributed by atoms with Crippen molar-refractivity contribution in [3.05, 3.63) is 30.0 Å². The number of fused-ring (bicyclic) bond motifs is 1. The van der Waals surface area contributed by atoms with E-state index in [1.807, 2.05) is 6.92 Å². The van der Waals surface area contributed by atoms with Crippen molar-refractivity contribution in [3.8, 4) is 0 Å². The van der Waals surface area contributed by atoms with Gasteiger partial charge in [-0.05, 0) is 32.1 Å². The Balaban J connectivity index is 1.59. The smallest absolute Gasteiger partial charge is 0.159 e. The third kappa shape index (κ3) is 3.10. The summed E-state index contributed by atoms with van der Waals surface area (Å²) in [6, 6.07) is 8.80. The van der Waals surface area contributed by atoms with Gasteiger partial charge in [-0.2, -0.15) is 5.10 Å². The van der Waals surface area contributed by atoms with Crippen LogP contribution in [0.25, 0.3) is 10.8 Å². The molecule has 5 heteroatoms. The summed E-state index contributed by atoms with van der Waals surface area (Å²) in [6.07, 6.45) is 3.58. The molecule has 1 aliphatic carbocycles. The maximum absolute atomic E-state index is 9.48. The molecular weight excluding hydrogens is 300 g/mol. The standard InChI is InChI=1S/C19H26N4O/c1-14-17-4-2-3-5-18(17)19(21-20-14)23-10-9-22(12-15-6-7-15)16(13-23)8-11-24/h2-5,15-16,24H,6-13H2,1H3. The average molecular weight is 326 g/mol. The van der Waals surface area contributed by atoms with Crippen LogP contribution in [0.15, 0.2) is 24.3 Å². The minimum absolute atomic E-state index is 0.250. The highest BCUT2D eigenvalue weighted by molar-refractivity contribution is 5.93. The number of aromatic nitrogens is 2. The van der Waals surface area contributed by atoms with Crippen molar-refractivity contribution in [3.63, 3.8) is 0 Å². The number of rotatable bonds is 5. The molecule has 2 aromatic rings. The molecule has 4 rings (SSSR count). The van der Waals surface area contributed by atoms with Crippen LogP contribution < -0.4 is 4.90 Å². The quantitative estimate of drug-likeness (QED) is 0.913. The maximum Gasteiger partial charge on any atom is 0.159 e. The van der Waals surface area contributed by atoms with Crippen LogP contribution in [0.2, 0.25) is 0 Å². The van der Waals surface area contributed by atoms with Crippen LogP contribution in [-0.2, 0) is 0 Å². The predicted octanol–water partition coefficient (Wildman–Crippen LogP) is 2.22. The first-order valence-electron chi connectivity index (χ1n) is 9.08. The molecule has 2 heterocycles. The lowest BCUT2D eigenvalue weighted by atomic mass is 10.1. The van der Waals surface area contributed by atoms with E-state index in [9.17, 15) is 5.11 Å². The largest absolute Gasteiger partial charge is 0.396 e. The number of piperazine rings is 1. The van der Waals surface area contributed by atoms with E-state index in [1.165, 1.54) is 30.2 Å². The lowest BCUT2D eigenvalue weighted by Crippen LogP contribution is -2.54. The molecule has 2 fully saturated rings. The van der Waals surface area contributed by atoms with E-state index in [1.54, 1.807) is 0 Å². The van der Waals surface area contributed by atoms with E-state index in [-0.39, 0.29) is 6.61 Å². The minimum Gasteiger partial charge on any atom is -0.396 e. The second-order valence-electron chi connectivity index (χ2n) is 7.21. The van der Waals surface area contributed by atoms with Crippen molar-refractivity contribution in [2.45, 2.75) is 32.2 Å². The molecule has 1 N–H and O–H groups in total. The fraction of sp³-hybridized carbons (Fsp3) is 0.579. The van der Waals surface area contributed by atoms with Crippen LogP contribution in [0.4, 0.5) is 5.82 Å². The van der Waals surface area contributed by atoms with Crippen LogP contribution in [0.3, 0.4) is 0 Å². The van der Waals surface area contributed by atoms with Gasteiger partial charge >= 0.3 is 0 Å². The molecule has 1 saturated carbocycles. The lowest BCUT2D eigenvalue weighted by molar-refractivity contribution is 0.137. The number of anilines is 1. The van der Waals surface area contributed by atoms with E-state index >= 15 is 0 Å². The van der Waals surface area contributed by atoms with Crippen molar-refractivity contribution < 1.29 is 5.11 Å². The molecule has 1 saturated heterocycles. The zero-order valence-corrected chi connectivity index (χ0v) is 14.4. The molecule has 5 nitrogen and oxygen atoms in total. The van der Waals surface area contributed by atoms with Gasteiger partial charge in [-0.15, -0.1) is 5.10 Å². The Labute approximate surface area is 143 Å². The average Bonchev–Trinajstić information content (AvgIpc) is 3.42. The van der Waals surface area contributed by atoms with Crippen LogP contribution in [-0.4, -0.2) is 59.0 Å². The predicted molar refractivity (Wildman–Crippen MR) is 96.3 cm³/mol. The van der Waals surface area contributed by atoms with Gasteiger partial charge in [0.25, 0.3) is 0 Å². The summed E-state index contributed by atoms with van der Waals surface area (Å²) in [5.74, 6) is 1.88. The number of benzene rings is 1. The number of aliphatic hydroxyl groups excluding tert-OH is 1. The van der Waals surface area contributed by atoms with Gasteiger partial charge < -0.3 is 10.0 Å². The van der Waals surface area contributed by atoms with Gasteiger partial charge in [0.05, 0.1) is 5.69 Å². The number of aryl methyl sites for hydroxylation is 1. The molecule has 0 bridgehead atoms. The first kappa shape index (κ1) is 15.8. The summed E-state index contributed by atoms with van der Waals surface area (Å²) in [5.41, 5.74) is 0.980. The van der Waals surface area contributed by atoms with Gasteiger partial charge in [0, 0.05) is 49.6 Å². The first-order chi connectivity index (χ1) is 11.8. The van der Waals surface area contributed by atoms with Gasteiger partial charge in [0.15, 0.2) is 5.82 Å². The molecule has 0 radical (unpaired) electrons. The fourth-order valence-electron chi connectivity index (χ4n) is 3.84. The molecule has 0 amide bonds. The SMILES string of the molecule is Cc1nnc(N2CCN(CC3CC3)C(CCO)C2)c2ccccc12. The Bertz CT molecular complexity index is 716. The minimum atomic E-state index is 0.250. The van der Waals surface area contributed by atoms with Crippen molar-refractivity contribution >= 4 is 16.6 Å². The molecule has 1 unspecified atom stereocenters. The van der Waals surface area contributed by atoms with E-state index in [0.717, 1.165) is 43.5 Å². The Morgan fingerprint density at radius 3 is 2.67 bits per heavy atom. The molecule has 1 aromatic carbocycles. The monoisotopic (exact) mass is 326 g/mol. The normalized spacial score (nSPS) is 22.2. The molecule has 128 valence electrons. The van der Waals surface area contributed by atoms with Crippen LogP contribution >= 0.6 is 0 Å². The Hall–Kier alpha value is -1.72. The van der Waals surface area contributed by atoms with E-state index in [2.05, 4.69) is 44.3 Å². The van der Waals surface area contributed by atoms with Gasteiger partial charge in [0.2, 0.25) is 0 Å². The van der Waals surface area contributed by atoms with Gasteiger partial charge in [-0.3, -0.25) is 4.90 Å². The van der Waals surface area contributed by atoms with Gasteiger partial charge in [-0.1, -0.05) is 24.3 Å². The highest BCUT2D eigenvalue weighted by Crippen LogP contribution is 2.32. The summed E-state index contributed by atoms with van der Waals surface area (Å²) in [6.45, 7) is 6.41. The topological polar surface area (TPSA) is 52.5 Å².